The van der Waals surface area contributed by atoms with Crippen molar-refractivity contribution < 1.29 is 4.74 Å². The van der Waals surface area contributed by atoms with E-state index in [-0.39, 0.29) is 6.23 Å². The van der Waals surface area contributed by atoms with Crippen molar-refractivity contribution in [2.24, 2.45) is 4.99 Å². The number of benzene rings is 1. The molecule has 0 bridgehead atoms. The lowest BCUT2D eigenvalue weighted by atomic mass is 10.1. The molecule has 0 saturated heterocycles. The lowest BCUT2D eigenvalue weighted by Gasteiger charge is -2.33. The molecule has 104 valence electrons. The Morgan fingerprint density at radius 3 is 2.65 bits per heavy atom. The van der Waals surface area contributed by atoms with Crippen LogP contribution in [0.1, 0.15) is 30.5 Å². The van der Waals surface area contributed by atoms with Crippen LogP contribution >= 0.6 is 11.3 Å². The van der Waals surface area contributed by atoms with Crippen LogP contribution in [0.15, 0.2) is 46.8 Å². The molecule has 1 aromatic carbocycles. The highest BCUT2D eigenvalue weighted by atomic mass is 32.1. The number of aliphatic imine (C=N–C) groups is 1. The normalized spacial score (nSPS) is 17.6. The number of rotatable bonds is 4. The maximum absolute atomic E-state index is 6.19. The minimum atomic E-state index is -0.0456. The molecule has 2 aromatic rings. The molecule has 0 saturated carbocycles. The van der Waals surface area contributed by atoms with Gasteiger partial charge in [0.25, 0.3) is 0 Å². The molecule has 0 aliphatic carbocycles. The molecule has 1 aliphatic rings. The number of hydrogen-bond acceptors (Lipinski definition) is 4. The maximum Gasteiger partial charge on any atom is 0.233 e. The van der Waals surface area contributed by atoms with Crippen molar-refractivity contribution in [3.8, 4) is 0 Å². The van der Waals surface area contributed by atoms with Crippen molar-refractivity contribution >= 4 is 22.9 Å². The number of ether oxygens (including phenoxy) is 1. The topological polar surface area (TPSA) is 24.8 Å². The van der Waals surface area contributed by atoms with Crippen LogP contribution in [0.25, 0.3) is 0 Å². The molecule has 0 radical (unpaired) electrons. The van der Waals surface area contributed by atoms with Gasteiger partial charge in [-0.3, -0.25) is 4.90 Å². The van der Waals surface area contributed by atoms with Gasteiger partial charge in [0.1, 0.15) is 0 Å². The van der Waals surface area contributed by atoms with E-state index in [4.69, 9.17) is 4.74 Å². The molecular formula is C16H18N2OS. The third-order valence-electron chi connectivity index (χ3n) is 3.52. The molecule has 0 spiro atoms. The van der Waals surface area contributed by atoms with Gasteiger partial charge in [-0.1, -0.05) is 38.1 Å². The minimum Gasteiger partial charge on any atom is -0.453 e. The summed E-state index contributed by atoms with van der Waals surface area (Å²) in [4.78, 5) is 8.05. The molecule has 0 N–H and O–H groups in total. The highest BCUT2D eigenvalue weighted by molar-refractivity contribution is 7.12. The molecule has 0 amide bonds. The number of hydrogen-bond donors (Lipinski definition) is 0. The van der Waals surface area contributed by atoms with Gasteiger partial charge in [0, 0.05) is 5.56 Å². The Morgan fingerprint density at radius 2 is 1.95 bits per heavy atom. The standard InChI is InChI=1S/C16H18N2OS/c1-3-18(4-2)16-12-8-5-6-9-13(12)17-15(19-16)14-10-7-11-20-14/h5-11,16H,3-4H2,1-2H3. The van der Waals surface area contributed by atoms with Crippen LogP contribution < -0.4 is 0 Å². The quantitative estimate of drug-likeness (QED) is 0.841. The molecule has 1 aromatic heterocycles. The van der Waals surface area contributed by atoms with Crippen molar-refractivity contribution in [3.63, 3.8) is 0 Å². The minimum absolute atomic E-state index is 0.0456. The van der Waals surface area contributed by atoms with Gasteiger partial charge < -0.3 is 4.74 Å². The number of fused-ring (bicyclic) bond motifs is 1. The predicted molar refractivity (Wildman–Crippen MR) is 83.7 cm³/mol. The van der Waals surface area contributed by atoms with Crippen LogP contribution in [-0.4, -0.2) is 23.9 Å². The van der Waals surface area contributed by atoms with E-state index >= 15 is 0 Å². The van der Waals surface area contributed by atoms with Crippen molar-refractivity contribution in [2.75, 3.05) is 13.1 Å². The number of para-hydroxylation sites is 1. The molecule has 1 aliphatic heterocycles. The number of nitrogens with zero attached hydrogens (tertiary/aromatic N) is 2. The van der Waals surface area contributed by atoms with Gasteiger partial charge in [-0.15, -0.1) is 11.3 Å². The molecule has 4 heteroatoms. The van der Waals surface area contributed by atoms with E-state index in [1.807, 2.05) is 23.6 Å². The summed E-state index contributed by atoms with van der Waals surface area (Å²) in [6.45, 7) is 6.22. The van der Waals surface area contributed by atoms with Crippen LogP contribution in [0.2, 0.25) is 0 Å². The lowest BCUT2D eigenvalue weighted by Crippen LogP contribution is -2.33. The Morgan fingerprint density at radius 1 is 1.15 bits per heavy atom. The predicted octanol–water partition coefficient (Wildman–Crippen LogP) is 4.20. The molecule has 3 rings (SSSR count). The van der Waals surface area contributed by atoms with Crippen LogP contribution in [-0.2, 0) is 4.74 Å². The van der Waals surface area contributed by atoms with Gasteiger partial charge in [0.15, 0.2) is 6.23 Å². The Labute approximate surface area is 123 Å². The van der Waals surface area contributed by atoms with E-state index in [0.29, 0.717) is 0 Å². The average Bonchev–Trinajstić information content (AvgIpc) is 3.02. The summed E-state index contributed by atoms with van der Waals surface area (Å²) in [5.41, 5.74) is 2.16. The zero-order chi connectivity index (χ0) is 13.9. The Bertz CT molecular complexity index is 603. The van der Waals surface area contributed by atoms with Crippen molar-refractivity contribution in [1.82, 2.24) is 4.90 Å². The largest absolute Gasteiger partial charge is 0.453 e. The number of thiophene rings is 1. The fourth-order valence-electron chi connectivity index (χ4n) is 2.44. The first kappa shape index (κ1) is 13.3. The summed E-state index contributed by atoms with van der Waals surface area (Å²) in [5.74, 6) is 0.732. The highest BCUT2D eigenvalue weighted by Gasteiger charge is 2.28. The summed E-state index contributed by atoms with van der Waals surface area (Å²) in [7, 11) is 0. The van der Waals surface area contributed by atoms with Crippen LogP contribution in [0.3, 0.4) is 0 Å². The second kappa shape index (κ2) is 5.77. The van der Waals surface area contributed by atoms with E-state index < -0.39 is 0 Å². The van der Waals surface area contributed by atoms with Crippen molar-refractivity contribution in [2.45, 2.75) is 20.1 Å². The maximum atomic E-state index is 6.19. The van der Waals surface area contributed by atoms with Crippen LogP contribution in [0.5, 0.6) is 0 Å². The Hall–Kier alpha value is -1.65. The summed E-state index contributed by atoms with van der Waals surface area (Å²) < 4.78 is 6.19. The fourth-order valence-corrected chi connectivity index (χ4v) is 3.10. The molecule has 20 heavy (non-hydrogen) atoms. The third-order valence-corrected chi connectivity index (χ3v) is 4.38. The van der Waals surface area contributed by atoms with Gasteiger partial charge in [0.2, 0.25) is 5.90 Å². The van der Waals surface area contributed by atoms with Gasteiger partial charge in [0.05, 0.1) is 10.6 Å². The molecular weight excluding hydrogens is 268 g/mol. The van der Waals surface area contributed by atoms with E-state index in [2.05, 4.69) is 41.9 Å². The Kier molecular flexibility index (Phi) is 3.85. The van der Waals surface area contributed by atoms with Crippen LogP contribution in [0.4, 0.5) is 5.69 Å². The third kappa shape index (κ3) is 2.37. The Balaban J connectivity index is 2.04. The highest BCUT2D eigenvalue weighted by Crippen LogP contribution is 2.36. The van der Waals surface area contributed by atoms with E-state index in [0.717, 1.165) is 35.1 Å². The monoisotopic (exact) mass is 286 g/mol. The van der Waals surface area contributed by atoms with E-state index in [1.54, 1.807) is 11.3 Å². The fraction of sp³-hybridized carbons (Fsp3) is 0.312. The van der Waals surface area contributed by atoms with Gasteiger partial charge in [-0.25, -0.2) is 4.99 Å². The molecule has 1 unspecified atom stereocenters. The first-order valence-electron chi connectivity index (χ1n) is 6.95. The zero-order valence-corrected chi connectivity index (χ0v) is 12.6. The summed E-state index contributed by atoms with van der Waals surface area (Å²) in [6.07, 6.45) is -0.0456. The molecule has 2 heterocycles. The van der Waals surface area contributed by atoms with Gasteiger partial charge in [-0.05, 0) is 30.6 Å². The summed E-state index contributed by atoms with van der Waals surface area (Å²) in [6, 6.07) is 12.3. The van der Waals surface area contributed by atoms with Crippen molar-refractivity contribution in [3.05, 3.63) is 52.2 Å². The second-order valence-corrected chi connectivity index (χ2v) is 5.59. The SMILES string of the molecule is CCN(CC)C1OC(c2cccs2)=Nc2ccccc21. The summed E-state index contributed by atoms with van der Waals surface area (Å²) >= 11 is 1.66. The average molecular weight is 286 g/mol. The van der Waals surface area contributed by atoms with Crippen LogP contribution in [0, 0.1) is 0 Å². The second-order valence-electron chi connectivity index (χ2n) is 4.64. The van der Waals surface area contributed by atoms with E-state index in [9.17, 15) is 0 Å². The van der Waals surface area contributed by atoms with Gasteiger partial charge >= 0.3 is 0 Å². The van der Waals surface area contributed by atoms with Gasteiger partial charge in [-0.2, -0.15) is 0 Å². The van der Waals surface area contributed by atoms with E-state index in [1.165, 1.54) is 0 Å². The smallest absolute Gasteiger partial charge is 0.233 e. The lowest BCUT2D eigenvalue weighted by molar-refractivity contribution is 0.0194. The molecule has 1 atom stereocenters. The molecule has 3 nitrogen and oxygen atoms in total. The zero-order valence-electron chi connectivity index (χ0n) is 11.7. The summed E-state index contributed by atoms with van der Waals surface area (Å²) in [5, 5.41) is 2.05. The molecule has 0 fully saturated rings. The first-order chi connectivity index (χ1) is 9.83. The first-order valence-corrected chi connectivity index (χ1v) is 7.83. The van der Waals surface area contributed by atoms with Crippen molar-refractivity contribution in [1.29, 1.82) is 0 Å².